The summed E-state index contributed by atoms with van der Waals surface area (Å²) in [5, 5.41) is 3.36. The molecule has 0 amide bonds. The molecule has 4 heteroatoms. The van der Waals surface area contributed by atoms with Crippen molar-refractivity contribution in [2.75, 3.05) is 6.54 Å². The van der Waals surface area contributed by atoms with Gasteiger partial charge in [-0.1, -0.05) is 32.9 Å². The molecule has 0 fully saturated rings. The zero-order valence-electron chi connectivity index (χ0n) is 11.2. The maximum absolute atomic E-state index is 12.0. The van der Waals surface area contributed by atoms with Crippen molar-refractivity contribution in [3.05, 3.63) is 29.8 Å². The van der Waals surface area contributed by atoms with E-state index in [9.17, 15) is 8.78 Å². The van der Waals surface area contributed by atoms with Gasteiger partial charge in [0.2, 0.25) is 0 Å². The van der Waals surface area contributed by atoms with E-state index >= 15 is 0 Å². The van der Waals surface area contributed by atoms with Crippen LogP contribution in [0.5, 0.6) is 5.75 Å². The first-order chi connectivity index (χ1) is 8.43. The monoisotopic (exact) mass is 257 g/mol. The highest BCUT2D eigenvalue weighted by Gasteiger charge is 2.13. The van der Waals surface area contributed by atoms with Gasteiger partial charge in [0.05, 0.1) is 0 Å². The summed E-state index contributed by atoms with van der Waals surface area (Å²) in [4.78, 5) is 0. The van der Waals surface area contributed by atoms with Crippen molar-refractivity contribution < 1.29 is 13.5 Å². The third-order valence-corrected chi connectivity index (χ3v) is 3.04. The molecule has 2 nitrogen and oxygen atoms in total. The molecule has 1 rings (SSSR count). The maximum Gasteiger partial charge on any atom is 0.387 e. The number of nitrogens with one attached hydrogen (secondary N) is 1. The number of benzene rings is 1. The van der Waals surface area contributed by atoms with Gasteiger partial charge in [-0.15, -0.1) is 0 Å². The Morgan fingerprint density at radius 2 is 1.83 bits per heavy atom. The van der Waals surface area contributed by atoms with Gasteiger partial charge in [-0.05, 0) is 29.5 Å². The molecule has 1 aromatic rings. The SMILES string of the molecule is CCC(C)(C)CNCc1ccc(OC(F)F)cc1. The zero-order chi connectivity index (χ0) is 13.6. The van der Waals surface area contributed by atoms with E-state index in [2.05, 4.69) is 30.8 Å². The van der Waals surface area contributed by atoms with Crippen LogP contribution in [0.2, 0.25) is 0 Å². The molecule has 0 saturated carbocycles. The highest BCUT2D eigenvalue weighted by atomic mass is 19.3. The van der Waals surface area contributed by atoms with Crippen LogP contribution in [0.3, 0.4) is 0 Å². The normalized spacial score (nSPS) is 11.9. The van der Waals surface area contributed by atoms with Crippen molar-refractivity contribution in [3.63, 3.8) is 0 Å². The van der Waals surface area contributed by atoms with Gasteiger partial charge in [-0.2, -0.15) is 8.78 Å². The largest absolute Gasteiger partial charge is 0.435 e. The van der Waals surface area contributed by atoms with Crippen LogP contribution < -0.4 is 10.1 Å². The summed E-state index contributed by atoms with van der Waals surface area (Å²) in [5.41, 5.74) is 1.34. The van der Waals surface area contributed by atoms with Gasteiger partial charge >= 0.3 is 6.61 Å². The molecular weight excluding hydrogens is 236 g/mol. The molecule has 0 radical (unpaired) electrons. The average molecular weight is 257 g/mol. The second-order valence-electron chi connectivity index (χ2n) is 5.14. The molecule has 0 saturated heterocycles. The lowest BCUT2D eigenvalue weighted by atomic mass is 9.90. The smallest absolute Gasteiger partial charge is 0.387 e. The molecule has 18 heavy (non-hydrogen) atoms. The predicted molar refractivity (Wildman–Crippen MR) is 68.9 cm³/mol. The minimum atomic E-state index is -2.76. The molecule has 0 unspecified atom stereocenters. The Balaban J connectivity index is 2.40. The molecule has 0 bridgehead atoms. The van der Waals surface area contributed by atoms with E-state index in [1.807, 2.05) is 0 Å². The summed E-state index contributed by atoms with van der Waals surface area (Å²) in [6.45, 7) is 5.48. The molecule has 0 aliphatic carbocycles. The van der Waals surface area contributed by atoms with E-state index in [1.165, 1.54) is 0 Å². The van der Waals surface area contributed by atoms with E-state index < -0.39 is 6.61 Å². The first-order valence-corrected chi connectivity index (χ1v) is 6.17. The number of alkyl halides is 2. The first-order valence-electron chi connectivity index (χ1n) is 6.17. The number of hydrogen-bond donors (Lipinski definition) is 1. The minimum absolute atomic E-state index is 0.197. The van der Waals surface area contributed by atoms with Crippen molar-refractivity contribution in [3.8, 4) is 5.75 Å². The number of halogens is 2. The number of ether oxygens (including phenoxy) is 1. The molecule has 0 aromatic heterocycles. The minimum Gasteiger partial charge on any atom is -0.435 e. The van der Waals surface area contributed by atoms with E-state index in [1.54, 1.807) is 24.3 Å². The van der Waals surface area contributed by atoms with Crippen LogP contribution in [0.15, 0.2) is 24.3 Å². The summed E-state index contributed by atoms with van der Waals surface area (Å²) in [5.74, 6) is 0.197. The Morgan fingerprint density at radius 1 is 1.22 bits per heavy atom. The lowest BCUT2D eigenvalue weighted by molar-refractivity contribution is -0.0498. The molecule has 1 N–H and O–H groups in total. The summed E-state index contributed by atoms with van der Waals surface area (Å²) < 4.78 is 28.2. The van der Waals surface area contributed by atoms with Gasteiger partial charge in [0.1, 0.15) is 5.75 Å². The molecule has 102 valence electrons. The molecule has 1 aromatic carbocycles. The summed E-state index contributed by atoms with van der Waals surface area (Å²) in [7, 11) is 0. The van der Waals surface area contributed by atoms with E-state index in [0.29, 0.717) is 0 Å². The standard InChI is InChI=1S/C14H21F2NO/c1-4-14(2,3)10-17-9-11-5-7-12(8-6-11)18-13(15)16/h5-8,13,17H,4,9-10H2,1-3H3. The number of hydrogen-bond acceptors (Lipinski definition) is 2. The molecule has 0 aliphatic heterocycles. The number of rotatable bonds is 7. The molecule has 0 spiro atoms. The fraction of sp³-hybridized carbons (Fsp3) is 0.571. The lowest BCUT2D eigenvalue weighted by Gasteiger charge is -2.23. The predicted octanol–water partition coefficient (Wildman–Crippen LogP) is 3.81. The van der Waals surface area contributed by atoms with Gasteiger partial charge in [0.25, 0.3) is 0 Å². The van der Waals surface area contributed by atoms with Crippen molar-refractivity contribution in [1.82, 2.24) is 5.32 Å². The Morgan fingerprint density at radius 3 is 2.33 bits per heavy atom. The zero-order valence-corrected chi connectivity index (χ0v) is 11.2. The van der Waals surface area contributed by atoms with E-state index in [4.69, 9.17) is 0 Å². The fourth-order valence-electron chi connectivity index (χ4n) is 1.46. The molecule has 0 atom stereocenters. The topological polar surface area (TPSA) is 21.3 Å². The average Bonchev–Trinajstić information content (AvgIpc) is 2.30. The summed E-state index contributed by atoms with van der Waals surface area (Å²) in [6.07, 6.45) is 1.11. The van der Waals surface area contributed by atoms with Crippen LogP contribution in [0, 0.1) is 5.41 Å². The van der Waals surface area contributed by atoms with Gasteiger partial charge in [-0.3, -0.25) is 0 Å². The van der Waals surface area contributed by atoms with Gasteiger partial charge < -0.3 is 10.1 Å². The second kappa shape index (κ2) is 6.69. The Kier molecular flexibility index (Phi) is 5.54. The van der Waals surface area contributed by atoms with Crippen LogP contribution >= 0.6 is 0 Å². The van der Waals surface area contributed by atoms with Gasteiger partial charge in [-0.25, -0.2) is 0 Å². The van der Waals surface area contributed by atoms with E-state index in [0.717, 1.165) is 25.1 Å². The highest BCUT2D eigenvalue weighted by Crippen LogP contribution is 2.18. The Hall–Kier alpha value is -1.16. The van der Waals surface area contributed by atoms with Crippen LogP contribution in [0.4, 0.5) is 8.78 Å². The van der Waals surface area contributed by atoms with Gasteiger partial charge in [0.15, 0.2) is 0 Å². The highest BCUT2D eigenvalue weighted by molar-refractivity contribution is 5.27. The van der Waals surface area contributed by atoms with Crippen LogP contribution in [0.25, 0.3) is 0 Å². The van der Waals surface area contributed by atoms with Crippen molar-refractivity contribution in [2.24, 2.45) is 5.41 Å². The molecule has 0 aliphatic rings. The fourth-order valence-corrected chi connectivity index (χ4v) is 1.46. The van der Waals surface area contributed by atoms with E-state index in [-0.39, 0.29) is 11.2 Å². The maximum atomic E-state index is 12.0. The van der Waals surface area contributed by atoms with Crippen LogP contribution in [0.1, 0.15) is 32.8 Å². The third kappa shape index (κ3) is 5.45. The third-order valence-electron chi connectivity index (χ3n) is 3.04. The summed E-state index contributed by atoms with van der Waals surface area (Å²) >= 11 is 0. The molecular formula is C14H21F2NO. The Labute approximate surface area is 107 Å². The van der Waals surface area contributed by atoms with Crippen molar-refractivity contribution >= 4 is 0 Å². The quantitative estimate of drug-likeness (QED) is 0.802. The van der Waals surface area contributed by atoms with Gasteiger partial charge in [0, 0.05) is 13.1 Å². The Bertz CT molecular complexity index is 349. The lowest BCUT2D eigenvalue weighted by Crippen LogP contribution is -2.28. The van der Waals surface area contributed by atoms with Crippen LogP contribution in [-0.4, -0.2) is 13.2 Å². The van der Waals surface area contributed by atoms with Crippen LogP contribution in [-0.2, 0) is 6.54 Å². The van der Waals surface area contributed by atoms with Crippen molar-refractivity contribution in [2.45, 2.75) is 40.3 Å². The summed E-state index contributed by atoms with van der Waals surface area (Å²) in [6, 6.07) is 6.72. The molecule has 0 heterocycles. The first kappa shape index (κ1) is 14.9. The second-order valence-corrected chi connectivity index (χ2v) is 5.14. The van der Waals surface area contributed by atoms with Crippen molar-refractivity contribution in [1.29, 1.82) is 0 Å².